The molecule has 0 aliphatic carbocycles. The number of carboxylic acid groups (broad SMARTS) is 1. The van der Waals surface area contributed by atoms with Gasteiger partial charge in [0.2, 0.25) is 5.76 Å². The van der Waals surface area contributed by atoms with Gasteiger partial charge in [-0.25, -0.2) is 13.6 Å². The lowest BCUT2D eigenvalue weighted by Gasteiger charge is -2.07. The molecule has 0 bridgehead atoms. The second-order valence-electron chi connectivity index (χ2n) is 3.28. The van der Waals surface area contributed by atoms with Crippen molar-refractivity contribution in [3.63, 3.8) is 0 Å². The van der Waals surface area contributed by atoms with Gasteiger partial charge in [0.1, 0.15) is 18.5 Å². The maximum absolute atomic E-state index is 11.7. The molecule has 96 valence electrons. The van der Waals surface area contributed by atoms with Gasteiger partial charge in [-0.1, -0.05) is 0 Å². The fourth-order valence-electron chi connectivity index (χ4n) is 1.16. The summed E-state index contributed by atoms with van der Waals surface area (Å²) in [5, 5.41) is 18.1. The van der Waals surface area contributed by atoms with Gasteiger partial charge in [-0.05, 0) is 12.1 Å². The van der Waals surface area contributed by atoms with E-state index in [9.17, 15) is 18.7 Å². The van der Waals surface area contributed by atoms with Crippen LogP contribution in [0.2, 0.25) is 0 Å². The monoisotopic (exact) mass is 250 g/mol. The molecule has 1 unspecified atom stereocenters. The molecule has 0 aromatic carbocycles. The minimum Gasteiger partial charge on any atom is -0.475 e. The van der Waals surface area contributed by atoms with Gasteiger partial charge >= 0.3 is 5.97 Å². The van der Waals surface area contributed by atoms with E-state index >= 15 is 0 Å². The number of halogens is 2. The van der Waals surface area contributed by atoms with Gasteiger partial charge < -0.3 is 19.4 Å². The van der Waals surface area contributed by atoms with Gasteiger partial charge in [0.15, 0.2) is 0 Å². The molecule has 1 rings (SSSR count). The van der Waals surface area contributed by atoms with E-state index in [1.807, 2.05) is 0 Å². The Labute approximate surface area is 95.6 Å². The number of aromatic carboxylic acids is 1. The predicted octanol–water partition coefficient (Wildman–Crippen LogP) is 1.68. The minimum atomic E-state index is -2.55. The van der Waals surface area contributed by atoms with E-state index in [1.165, 1.54) is 12.1 Å². The van der Waals surface area contributed by atoms with Crippen LogP contribution in [0.3, 0.4) is 0 Å². The normalized spacial score (nSPS) is 12.9. The lowest BCUT2D eigenvalue weighted by Crippen LogP contribution is -2.08. The third kappa shape index (κ3) is 4.49. The fraction of sp³-hybridized carbons (Fsp3) is 0.500. The van der Waals surface area contributed by atoms with E-state index in [4.69, 9.17) is 9.52 Å². The summed E-state index contributed by atoms with van der Waals surface area (Å²) in [6.07, 6.45) is -3.56. The molecule has 2 N–H and O–H groups in total. The first-order valence-corrected chi connectivity index (χ1v) is 4.87. The second kappa shape index (κ2) is 6.31. The number of carboxylic acids is 1. The third-order valence-corrected chi connectivity index (χ3v) is 1.95. The van der Waals surface area contributed by atoms with Crippen LogP contribution < -0.4 is 0 Å². The molecular weight excluding hydrogens is 238 g/mol. The first-order valence-electron chi connectivity index (χ1n) is 4.87. The quantitative estimate of drug-likeness (QED) is 0.720. The highest BCUT2D eigenvalue weighted by molar-refractivity contribution is 5.84. The lowest BCUT2D eigenvalue weighted by atomic mass is 10.2. The zero-order valence-corrected chi connectivity index (χ0v) is 8.81. The van der Waals surface area contributed by atoms with Crippen molar-refractivity contribution in [1.29, 1.82) is 0 Å². The van der Waals surface area contributed by atoms with Gasteiger partial charge in [-0.2, -0.15) is 0 Å². The number of alkyl halides is 2. The largest absolute Gasteiger partial charge is 0.475 e. The van der Waals surface area contributed by atoms with E-state index in [-0.39, 0.29) is 24.5 Å². The molecule has 0 radical (unpaired) electrons. The molecule has 0 fully saturated rings. The van der Waals surface area contributed by atoms with Crippen molar-refractivity contribution >= 4 is 5.97 Å². The van der Waals surface area contributed by atoms with Gasteiger partial charge in [0, 0.05) is 13.0 Å². The Morgan fingerprint density at radius 3 is 2.71 bits per heavy atom. The highest BCUT2D eigenvalue weighted by Crippen LogP contribution is 2.19. The number of aliphatic hydroxyl groups is 1. The lowest BCUT2D eigenvalue weighted by molar-refractivity contribution is 0.00241. The number of hydrogen-bond acceptors (Lipinski definition) is 4. The van der Waals surface area contributed by atoms with E-state index in [0.717, 1.165) is 0 Å². The van der Waals surface area contributed by atoms with Gasteiger partial charge in [0.25, 0.3) is 6.43 Å². The SMILES string of the molecule is O=C(O)c1ccc(C(O)CCOCC(F)F)o1. The fourth-order valence-corrected chi connectivity index (χ4v) is 1.16. The van der Waals surface area contributed by atoms with Crippen molar-refractivity contribution < 1.29 is 32.9 Å². The second-order valence-corrected chi connectivity index (χ2v) is 3.28. The summed E-state index contributed by atoms with van der Waals surface area (Å²) in [5.41, 5.74) is 0. The molecular formula is C10H12F2O5. The van der Waals surface area contributed by atoms with E-state index < -0.39 is 25.1 Å². The summed E-state index contributed by atoms with van der Waals surface area (Å²) in [5.74, 6) is -1.45. The third-order valence-electron chi connectivity index (χ3n) is 1.95. The molecule has 0 amide bonds. The molecule has 0 saturated carbocycles. The summed E-state index contributed by atoms with van der Waals surface area (Å²) in [4.78, 5) is 10.5. The van der Waals surface area contributed by atoms with Crippen LogP contribution in [0.25, 0.3) is 0 Å². The summed E-state index contributed by atoms with van der Waals surface area (Å²) < 4.78 is 32.8. The number of rotatable bonds is 7. The Morgan fingerprint density at radius 2 is 2.18 bits per heavy atom. The maximum Gasteiger partial charge on any atom is 0.371 e. The zero-order valence-electron chi connectivity index (χ0n) is 8.81. The summed E-state index contributed by atoms with van der Waals surface area (Å²) in [6.45, 7) is -0.750. The first kappa shape index (κ1) is 13.6. The van der Waals surface area contributed by atoms with Crippen LogP contribution in [0.5, 0.6) is 0 Å². The van der Waals surface area contributed by atoms with Crippen molar-refractivity contribution in [3.8, 4) is 0 Å². The summed E-state index contributed by atoms with van der Waals surface area (Å²) in [7, 11) is 0. The van der Waals surface area contributed by atoms with Gasteiger partial charge in [-0.15, -0.1) is 0 Å². The average Bonchev–Trinajstić information content (AvgIpc) is 2.73. The summed E-state index contributed by atoms with van der Waals surface area (Å²) in [6, 6.07) is 2.53. The van der Waals surface area contributed by atoms with Crippen molar-refractivity contribution in [1.82, 2.24) is 0 Å². The number of carbonyl (C=O) groups is 1. The average molecular weight is 250 g/mol. The molecule has 0 aliphatic rings. The molecule has 7 heteroatoms. The topological polar surface area (TPSA) is 79.9 Å². The van der Waals surface area contributed by atoms with Crippen LogP contribution in [-0.2, 0) is 4.74 Å². The Balaban J connectivity index is 2.36. The number of ether oxygens (including phenoxy) is 1. The van der Waals surface area contributed by atoms with E-state index in [1.54, 1.807) is 0 Å². The highest BCUT2D eigenvalue weighted by Gasteiger charge is 2.15. The molecule has 1 heterocycles. The maximum atomic E-state index is 11.7. The Kier molecular flexibility index (Phi) is 5.05. The smallest absolute Gasteiger partial charge is 0.371 e. The van der Waals surface area contributed by atoms with Gasteiger partial charge in [0.05, 0.1) is 0 Å². The van der Waals surface area contributed by atoms with Crippen molar-refractivity contribution in [2.45, 2.75) is 19.0 Å². The minimum absolute atomic E-state index is 0.0549. The Bertz CT molecular complexity index is 363. The Morgan fingerprint density at radius 1 is 1.47 bits per heavy atom. The number of furan rings is 1. The van der Waals surface area contributed by atoms with Crippen LogP contribution in [0.1, 0.15) is 28.8 Å². The van der Waals surface area contributed by atoms with Crippen molar-refractivity contribution in [3.05, 3.63) is 23.7 Å². The molecule has 0 saturated heterocycles. The van der Waals surface area contributed by atoms with Crippen molar-refractivity contribution in [2.75, 3.05) is 13.2 Å². The van der Waals surface area contributed by atoms with Crippen LogP contribution in [0, 0.1) is 0 Å². The van der Waals surface area contributed by atoms with Crippen molar-refractivity contribution in [2.24, 2.45) is 0 Å². The molecule has 0 spiro atoms. The van der Waals surface area contributed by atoms with Crippen LogP contribution >= 0.6 is 0 Å². The molecule has 17 heavy (non-hydrogen) atoms. The Hall–Kier alpha value is -1.47. The molecule has 0 aliphatic heterocycles. The first-order chi connectivity index (χ1) is 8.00. The molecule has 1 atom stereocenters. The van der Waals surface area contributed by atoms with Gasteiger partial charge in [-0.3, -0.25) is 0 Å². The van der Waals surface area contributed by atoms with E-state index in [2.05, 4.69) is 4.74 Å². The molecule has 1 aromatic rings. The van der Waals surface area contributed by atoms with E-state index in [0.29, 0.717) is 0 Å². The molecule has 5 nitrogen and oxygen atoms in total. The number of hydrogen-bond donors (Lipinski definition) is 2. The van der Waals surface area contributed by atoms with Crippen LogP contribution in [0.15, 0.2) is 16.5 Å². The molecule has 1 aromatic heterocycles. The predicted molar refractivity (Wildman–Crippen MR) is 52.1 cm³/mol. The van der Waals surface area contributed by atoms with Crippen LogP contribution in [-0.4, -0.2) is 35.8 Å². The summed E-state index contributed by atoms with van der Waals surface area (Å²) >= 11 is 0. The zero-order chi connectivity index (χ0) is 12.8. The van der Waals surface area contributed by atoms with Crippen LogP contribution in [0.4, 0.5) is 8.78 Å². The highest BCUT2D eigenvalue weighted by atomic mass is 19.3. The standard InChI is InChI=1S/C10H12F2O5/c11-9(12)5-16-4-3-6(13)7-1-2-8(17-7)10(14)15/h1-2,6,9,13H,3-5H2,(H,14,15). The number of aliphatic hydroxyl groups excluding tert-OH is 1.